The Morgan fingerprint density at radius 2 is 2.20 bits per heavy atom. The Morgan fingerprint density at radius 1 is 1.40 bits per heavy atom. The summed E-state index contributed by atoms with van der Waals surface area (Å²) in [4.78, 5) is 12.1. The minimum Gasteiger partial charge on any atom is -0.336 e. The standard InChI is InChI=1S/C12H15NO2/c1-3-8-13(2)11-9-14-15-12-7-5-4-6-10(11)12/h4-7,11H,3,8H2,1-2H3. The van der Waals surface area contributed by atoms with Crippen LogP contribution in [0.4, 0.5) is 0 Å². The lowest BCUT2D eigenvalue weighted by molar-refractivity contribution is -0.196. The predicted molar refractivity (Wildman–Crippen MR) is 57.1 cm³/mol. The maximum atomic E-state index is 5.04. The molecule has 80 valence electrons. The van der Waals surface area contributed by atoms with E-state index in [-0.39, 0.29) is 6.04 Å². The number of rotatable bonds is 3. The van der Waals surface area contributed by atoms with Crippen molar-refractivity contribution in [3.05, 3.63) is 36.4 Å². The van der Waals surface area contributed by atoms with Crippen LogP contribution in [0.3, 0.4) is 0 Å². The summed E-state index contributed by atoms with van der Waals surface area (Å²) in [7, 11) is 2.06. The summed E-state index contributed by atoms with van der Waals surface area (Å²) in [5.41, 5.74) is 1.11. The average molecular weight is 205 g/mol. The Hall–Kier alpha value is -1.06. The molecule has 3 nitrogen and oxygen atoms in total. The molecule has 1 aliphatic heterocycles. The molecule has 1 aliphatic rings. The fourth-order valence-corrected chi connectivity index (χ4v) is 1.77. The zero-order valence-electron chi connectivity index (χ0n) is 9.06. The van der Waals surface area contributed by atoms with Crippen LogP contribution in [0.5, 0.6) is 5.75 Å². The van der Waals surface area contributed by atoms with E-state index in [0.717, 1.165) is 24.3 Å². The van der Waals surface area contributed by atoms with Crippen LogP contribution in [0, 0.1) is 6.61 Å². The van der Waals surface area contributed by atoms with E-state index in [1.165, 1.54) is 0 Å². The largest absolute Gasteiger partial charge is 0.336 e. The van der Waals surface area contributed by atoms with Gasteiger partial charge in [-0.05, 0) is 26.1 Å². The molecule has 2 rings (SSSR count). The number of hydrogen-bond donors (Lipinski definition) is 0. The van der Waals surface area contributed by atoms with Gasteiger partial charge < -0.3 is 4.89 Å². The van der Waals surface area contributed by atoms with Crippen LogP contribution in [0.25, 0.3) is 0 Å². The Labute approximate surface area is 90.5 Å². The van der Waals surface area contributed by atoms with Gasteiger partial charge in [0.1, 0.15) is 0 Å². The van der Waals surface area contributed by atoms with Crippen molar-refractivity contribution in [2.24, 2.45) is 0 Å². The fraction of sp³-hybridized carbons (Fsp3) is 0.417. The third-order valence-electron chi connectivity index (χ3n) is 2.52. The van der Waals surface area contributed by atoms with Crippen molar-refractivity contribution in [3.63, 3.8) is 0 Å². The quantitative estimate of drug-likeness (QED) is 0.707. The molecular weight excluding hydrogens is 190 g/mol. The van der Waals surface area contributed by atoms with Crippen molar-refractivity contribution in [3.8, 4) is 5.75 Å². The number of benzene rings is 1. The molecular formula is C12H15NO2. The van der Waals surface area contributed by atoms with E-state index in [2.05, 4.69) is 25.5 Å². The first kappa shape index (κ1) is 10.5. The van der Waals surface area contributed by atoms with Crippen LogP contribution >= 0.6 is 0 Å². The molecule has 0 N–H and O–H groups in total. The van der Waals surface area contributed by atoms with Gasteiger partial charge in [-0.3, -0.25) is 4.90 Å². The summed E-state index contributed by atoms with van der Waals surface area (Å²) in [6.45, 7) is 6.03. The number of likely N-dealkylation sites (N-methyl/N-ethyl adjacent to an activating group) is 1. The van der Waals surface area contributed by atoms with E-state index in [4.69, 9.17) is 9.78 Å². The third kappa shape index (κ3) is 2.13. The minimum absolute atomic E-state index is 0.0647. The molecule has 1 aromatic rings. The molecule has 1 aromatic carbocycles. The van der Waals surface area contributed by atoms with Crippen LogP contribution in [-0.4, -0.2) is 18.5 Å². The normalized spacial score (nSPS) is 19.8. The molecule has 0 fully saturated rings. The highest BCUT2D eigenvalue weighted by atomic mass is 17.2. The van der Waals surface area contributed by atoms with Gasteiger partial charge in [0, 0.05) is 5.56 Å². The molecule has 0 bridgehead atoms. The molecule has 2 radical (unpaired) electrons. The van der Waals surface area contributed by atoms with E-state index in [0.29, 0.717) is 0 Å². The van der Waals surface area contributed by atoms with Crippen LogP contribution in [0.1, 0.15) is 24.9 Å². The smallest absolute Gasteiger partial charge is 0.211 e. The molecule has 0 aliphatic carbocycles. The molecule has 1 heterocycles. The van der Waals surface area contributed by atoms with Gasteiger partial charge in [-0.1, -0.05) is 25.1 Å². The lowest BCUT2D eigenvalue weighted by atomic mass is 10.0. The third-order valence-corrected chi connectivity index (χ3v) is 2.52. The van der Waals surface area contributed by atoms with E-state index >= 15 is 0 Å². The van der Waals surface area contributed by atoms with Gasteiger partial charge in [0.2, 0.25) is 6.61 Å². The average Bonchev–Trinajstić information content (AvgIpc) is 2.28. The molecule has 0 saturated heterocycles. The Balaban J connectivity index is 2.21. The highest BCUT2D eigenvalue weighted by Gasteiger charge is 2.26. The van der Waals surface area contributed by atoms with Gasteiger partial charge in [0.15, 0.2) is 5.75 Å². The molecule has 1 atom stereocenters. The Morgan fingerprint density at radius 3 is 3.00 bits per heavy atom. The SMILES string of the molecule is CCCN(C)C1[C]OOc2ccccc21. The maximum Gasteiger partial charge on any atom is 0.211 e. The summed E-state index contributed by atoms with van der Waals surface area (Å²) in [5.74, 6) is 0.782. The zero-order valence-corrected chi connectivity index (χ0v) is 9.06. The number of fused-ring (bicyclic) bond motifs is 1. The first-order valence-electron chi connectivity index (χ1n) is 5.21. The monoisotopic (exact) mass is 205 g/mol. The molecule has 3 heteroatoms. The van der Waals surface area contributed by atoms with Crippen LogP contribution < -0.4 is 4.89 Å². The van der Waals surface area contributed by atoms with Crippen molar-refractivity contribution in [2.75, 3.05) is 13.6 Å². The molecule has 0 aromatic heterocycles. The van der Waals surface area contributed by atoms with Gasteiger partial charge in [0.05, 0.1) is 6.04 Å². The second-order valence-corrected chi connectivity index (χ2v) is 3.71. The first-order valence-corrected chi connectivity index (χ1v) is 5.21. The van der Waals surface area contributed by atoms with Crippen LogP contribution in [0.2, 0.25) is 0 Å². The van der Waals surface area contributed by atoms with Crippen molar-refractivity contribution in [1.82, 2.24) is 4.90 Å². The van der Waals surface area contributed by atoms with Crippen molar-refractivity contribution in [1.29, 1.82) is 0 Å². The lowest BCUT2D eigenvalue weighted by Gasteiger charge is -2.30. The highest BCUT2D eigenvalue weighted by molar-refractivity contribution is 5.37. The maximum absolute atomic E-state index is 5.04. The number of para-hydroxylation sites is 1. The number of nitrogens with zero attached hydrogens (tertiary/aromatic N) is 1. The molecule has 0 amide bonds. The van der Waals surface area contributed by atoms with Crippen molar-refractivity contribution < 1.29 is 9.78 Å². The number of hydrogen-bond acceptors (Lipinski definition) is 3. The summed E-state index contributed by atoms with van der Waals surface area (Å²) < 4.78 is 0. The Bertz CT molecular complexity index is 327. The molecule has 15 heavy (non-hydrogen) atoms. The lowest BCUT2D eigenvalue weighted by Crippen LogP contribution is -2.29. The summed E-state index contributed by atoms with van der Waals surface area (Å²) in [6.07, 6.45) is 1.11. The molecule has 0 saturated carbocycles. The predicted octanol–water partition coefficient (Wildman–Crippen LogP) is 2.43. The molecule has 1 unspecified atom stereocenters. The van der Waals surface area contributed by atoms with Crippen LogP contribution in [0.15, 0.2) is 24.3 Å². The second-order valence-electron chi connectivity index (χ2n) is 3.71. The van der Waals surface area contributed by atoms with E-state index in [1.54, 1.807) is 0 Å². The van der Waals surface area contributed by atoms with E-state index < -0.39 is 0 Å². The summed E-state index contributed by atoms with van der Waals surface area (Å²) in [6, 6.07) is 7.95. The van der Waals surface area contributed by atoms with Gasteiger partial charge >= 0.3 is 0 Å². The van der Waals surface area contributed by atoms with Crippen molar-refractivity contribution in [2.45, 2.75) is 19.4 Å². The second kappa shape index (κ2) is 4.64. The first-order chi connectivity index (χ1) is 7.33. The van der Waals surface area contributed by atoms with Gasteiger partial charge in [0.25, 0.3) is 0 Å². The highest BCUT2D eigenvalue weighted by Crippen LogP contribution is 2.34. The van der Waals surface area contributed by atoms with Crippen molar-refractivity contribution >= 4 is 0 Å². The molecule has 0 spiro atoms. The van der Waals surface area contributed by atoms with Gasteiger partial charge in [-0.25, -0.2) is 0 Å². The van der Waals surface area contributed by atoms with Crippen LogP contribution in [-0.2, 0) is 4.89 Å². The Kier molecular flexibility index (Phi) is 3.23. The summed E-state index contributed by atoms with van der Waals surface area (Å²) in [5, 5.41) is 0. The minimum atomic E-state index is 0.0647. The fourth-order valence-electron chi connectivity index (χ4n) is 1.77. The van der Waals surface area contributed by atoms with Gasteiger partial charge in [-0.2, -0.15) is 4.89 Å². The van der Waals surface area contributed by atoms with E-state index in [9.17, 15) is 0 Å². The summed E-state index contributed by atoms with van der Waals surface area (Å²) >= 11 is 0. The van der Waals surface area contributed by atoms with Gasteiger partial charge in [-0.15, -0.1) is 0 Å². The van der Waals surface area contributed by atoms with E-state index in [1.807, 2.05) is 24.3 Å². The topological polar surface area (TPSA) is 21.7 Å². The zero-order chi connectivity index (χ0) is 10.7.